The first kappa shape index (κ1) is 15.2. The fraction of sp³-hybridized carbons (Fsp3) is 0.692. The van der Waals surface area contributed by atoms with Crippen LogP contribution in [0.25, 0.3) is 0 Å². The zero-order valence-electron chi connectivity index (χ0n) is 12.7. The summed E-state index contributed by atoms with van der Waals surface area (Å²) >= 11 is 0. The summed E-state index contributed by atoms with van der Waals surface area (Å²) in [7, 11) is 1.17. The molecule has 2 rings (SSSR count). The van der Waals surface area contributed by atoms with Gasteiger partial charge >= 0.3 is 13.1 Å². The first-order valence-corrected chi connectivity index (χ1v) is 6.65. The van der Waals surface area contributed by atoms with Crippen molar-refractivity contribution in [2.24, 2.45) is 0 Å². The van der Waals surface area contributed by atoms with E-state index in [-0.39, 0.29) is 11.2 Å². The summed E-state index contributed by atoms with van der Waals surface area (Å²) in [6.07, 6.45) is 3.33. The lowest BCUT2D eigenvalue weighted by molar-refractivity contribution is 0.00578. The predicted octanol–water partition coefficient (Wildman–Crippen LogP) is 0.801. The molecule has 0 spiro atoms. The number of rotatable bonds is 5. The van der Waals surface area contributed by atoms with Gasteiger partial charge in [-0.15, -0.1) is 0 Å². The Hall–Kier alpha value is -1.18. The van der Waals surface area contributed by atoms with E-state index in [0.717, 1.165) is 5.46 Å². The highest BCUT2D eigenvalue weighted by molar-refractivity contribution is 6.61. The van der Waals surface area contributed by atoms with Crippen LogP contribution >= 0.6 is 0 Å². The molecule has 0 N–H and O–H groups in total. The summed E-state index contributed by atoms with van der Waals surface area (Å²) in [6.45, 7) is 8.97. The molecule has 1 aliphatic heterocycles. The average molecular weight is 280 g/mol. The molecule has 0 amide bonds. The smallest absolute Gasteiger partial charge is 0.461 e. The van der Waals surface area contributed by atoms with Crippen molar-refractivity contribution in [3.8, 4) is 6.01 Å². The molecular formula is C13H21BN2O4. The zero-order chi connectivity index (χ0) is 14.8. The van der Waals surface area contributed by atoms with Crippen molar-refractivity contribution in [2.45, 2.75) is 38.9 Å². The van der Waals surface area contributed by atoms with E-state index in [9.17, 15) is 0 Å². The van der Waals surface area contributed by atoms with Gasteiger partial charge in [-0.1, -0.05) is 0 Å². The Labute approximate surface area is 119 Å². The molecule has 7 heteroatoms. The van der Waals surface area contributed by atoms with Crippen LogP contribution in [0.15, 0.2) is 12.4 Å². The van der Waals surface area contributed by atoms with Gasteiger partial charge in [0.05, 0.1) is 17.8 Å². The van der Waals surface area contributed by atoms with Crippen LogP contribution in [0.5, 0.6) is 6.01 Å². The maximum atomic E-state index is 5.93. The number of ether oxygens (including phenoxy) is 2. The van der Waals surface area contributed by atoms with E-state index in [1.807, 2.05) is 27.7 Å². The molecule has 0 bridgehead atoms. The van der Waals surface area contributed by atoms with Gasteiger partial charge in [-0.25, -0.2) is 9.97 Å². The quantitative estimate of drug-likeness (QED) is 0.587. The van der Waals surface area contributed by atoms with Crippen molar-refractivity contribution in [1.29, 1.82) is 0 Å². The minimum Gasteiger partial charge on any atom is -0.461 e. The minimum absolute atomic E-state index is 0.322. The van der Waals surface area contributed by atoms with Gasteiger partial charge in [0, 0.05) is 25.0 Å². The summed E-state index contributed by atoms with van der Waals surface area (Å²) in [6, 6.07) is 0.322. The van der Waals surface area contributed by atoms with Crippen molar-refractivity contribution in [3.63, 3.8) is 0 Å². The van der Waals surface area contributed by atoms with Crippen LogP contribution in [0.2, 0.25) is 0 Å². The molecule has 1 fully saturated rings. The number of nitrogens with zero attached hydrogens (tertiary/aromatic N) is 2. The molecule has 0 saturated carbocycles. The van der Waals surface area contributed by atoms with Gasteiger partial charge in [-0.3, -0.25) is 0 Å². The molecule has 0 atom stereocenters. The Balaban J connectivity index is 2.01. The average Bonchev–Trinajstić information content (AvgIpc) is 2.60. The van der Waals surface area contributed by atoms with Crippen LogP contribution in [0, 0.1) is 0 Å². The second-order valence-electron chi connectivity index (χ2n) is 5.73. The molecular weight excluding hydrogens is 259 g/mol. The fourth-order valence-electron chi connectivity index (χ4n) is 1.72. The second kappa shape index (κ2) is 5.67. The van der Waals surface area contributed by atoms with Crippen molar-refractivity contribution in [3.05, 3.63) is 12.4 Å². The molecule has 1 saturated heterocycles. The highest BCUT2D eigenvalue weighted by atomic mass is 16.7. The van der Waals surface area contributed by atoms with Crippen LogP contribution in [-0.2, 0) is 14.0 Å². The number of aromatic nitrogens is 2. The van der Waals surface area contributed by atoms with E-state index in [0.29, 0.717) is 19.2 Å². The summed E-state index contributed by atoms with van der Waals surface area (Å²) in [5.74, 6) is 0. The van der Waals surface area contributed by atoms with Gasteiger partial charge in [0.25, 0.3) is 0 Å². The summed E-state index contributed by atoms with van der Waals surface area (Å²) < 4.78 is 22.1. The lowest BCUT2D eigenvalue weighted by atomic mass is 9.81. The molecule has 0 radical (unpaired) electrons. The summed E-state index contributed by atoms with van der Waals surface area (Å²) in [5, 5.41) is 0. The topological polar surface area (TPSA) is 62.7 Å². The van der Waals surface area contributed by atoms with E-state index in [4.69, 9.17) is 18.8 Å². The van der Waals surface area contributed by atoms with Crippen molar-refractivity contribution in [2.75, 3.05) is 20.3 Å². The Morgan fingerprint density at radius 3 is 2.10 bits per heavy atom. The Morgan fingerprint density at radius 2 is 1.60 bits per heavy atom. The number of hydrogen-bond donors (Lipinski definition) is 0. The predicted molar refractivity (Wildman–Crippen MR) is 75.1 cm³/mol. The molecule has 20 heavy (non-hydrogen) atoms. The van der Waals surface area contributed by atoms with E-state index in [1.165, 1.54) is 0 Å². The van der Waals surface area contributed by atoms with Crippen LogP contribution in [0.1, 0.15) is 27.7 Å². The molecule has 0 aromatic carbocycles. The molecule has 1 aliphatic rings. The van der Waals surface area contributed by atoms with E-state index >= 15 is 0 Å². The third-order valence-electron chi connectivity index (χ3n) is 3.69. The van der Waals surface area contributed by atoms with Crippen molar-refractivity contribution >= 4 is 12.6 Å². The van der Waals surface area contributed by atoms with Gasteiger partial charge in [-0.2, -0.15) is 0 Å². The monoisotopic (exact) mass is 280 g/mol. The lowest BCUT2D eigenvalue weighted by Gasteiger charge is -2.32. The van der Waals surface area contributed by atoms with Crippen LogP contribution < -0.4 is 10.2 Å². The normalized spacial score (nSPS) is 20.1. The molecule has 0 unspecified atom stereocenters. The first-order chi connectivity index (χ1) is 9.36. The van der Waals surface area contributed by atoms with Gasteiger partial charge in [-0.05, 0) is 27.7 Å². The Morgan fingerprint density at radius 1 is 1.05 bits per heavy atom. The first-order valence-electron chi connectivity index (χ1n) is 6.65. The summed E-state index contributed by atoms with van der Waals surface area (Å²) in [5.41, 5.74) is 0.0408. The molecule has 6 nitrogen and oxygen atoms in total. The largest absolute Gasteiger partial charge is 0.498 e. The highest BCUT2D eigenvalue weighted by Crippen LogP contribution is 2.36. The standard InChI is InChI=1S/C13H21BN2O4/c1-12(2)13(3,4)20-14(19-12)10-8-15-11(16-9-10)18-7-6-17-5/h8-9H,6-7H2,1-5H3. The summed E-state index contributed by atoms with van der Waals surface area (Å²) in [4.78, 5) is 8.28. The van der Waals surface area contributed by atoms with Crippen molar-refractivity contribution in [1.82, 2.24) is 9.97 Å². The maximum Gasteiger partial charge on any atom is 0.498 e. The maximum absolute atomic E-state index is 5.93. The lowest BCUT2D eigenvalue weighted by Crippen LogP contribution is -2.41. The number of methoxy groups -OCH3 is 1. The SMILES string of the molecule is COCCOc1ncc(B2OC(C)(C)C(C)(C)O2)cn1. The Kier molecular flexibility index (Phi) is 4.32. The van der Waals surface area contributed by atoms with E-state index in [2.05, 4.69) is 9.97 Å². The van der Waals surface area contributed by atoms with Crippen LogP contribution in [0.4, 0.5) is 0 Å². The second-order valence-corrected chi connectivity index (χ2v) is 5.73. The van der Waals surface area contributed by atoms with Gasteiger partial charge in [0.1, 0.15) is 6.61 Å². The van der Waals surface area contributed by atoms with E-state index in [1.54, 1.807) is 19.5 Å². The van der Waals surface area contributed by atoms with Gasteiger partial charge in [0.15, 0.2) is 0 Å². The van der Waals surface area contributed by atoms with Gasteiger partial charge < -0.3 is 18.8 Å². The molecule has 0 aliphatic carbocycles. The van der Waals surface area contributed by atoms with E-state index < -0.39 is 7.12 Å². The van der Waals surface area contributed by atoms with Gasteiger partial charge in [0.2, 0.25) is 0 Å². The molecule has 2 heterocycles. The number of hydrogen-bond acceptors (Lipinski definition) is 6. The van der Waals surface area contributed by atoms with Crippen LogP contribution in [0.3, 0.4) is 0 Å². The minimum atomic E-state index is -0.451. The third-order valence-corrected chi connectivity index (χ3v) is 3.69. The highest BCUT2D eigenvalue weighted by Gasteiger charge is 2.51. The van der Waals surface area contributed by atoms with Crippen LogP contribution in [-0.4, -0.2) is 48.6 Å². The fourth-order valence-corrected chi connectivity index (χ4v) is 1.72. The molecule has 1 aromatic rings. The third kappa shape index (κ3) is 3.11. The molecule has 110 valence electrons. The van der Waals surface area contributed by atoms with Crippen molar-refractivity contribution < 1.29 is 18.8 Å². The Bertz CT molecular complexity index is 434. The molecule has 1 aromatic heterocycles. The zero-order valence-corrected chi connectivity index (χ0v) is 12.7.